The summed E-state index contributed by atoms with van der Waals surface area (Å²) in [6.45, 7) is 4.87. The van der Waals surface area contributed by atoms with E-state index in [0.29, 0.717) is 19.2 Å². The fraction of sp³-hybridized carbons (Fsp3) is 0.227. The molecule has 0 aliphatic carbocycles. The van der Waals surface area contributed by atoms with Crippen molar-refractivity contribution in [2.45, 2.75) is 26.5 Å². The topological polar surface area (TPSA) is 80.7 Å². The summed E-state index contributed by atoms with van der Waals surface area (Å²) in [6.07, 6.45) is 0. The summed E-state index contributed by atoms with van der Waals surface area (Å²) < 4.78 is 21.1. The molecule has 8 heteroatoms. The zero-order chi connectivity index (χ0) is 20.7. The van der Waals surface area contributed by atoms with Crippen LogP contribution in [0.1, 0.15) is 28.7 Å². The van der Waals surface area contributed by atoms with Gasteiger partial charge in [0.05, 0.1) is 18.3 Å². The van der Waals surface area contributed by atoms with Crippen molar-refractivity contribution < 1.29 is 9.13 Å². The largest absolute Gasteiger partial charge is 0.371 e. The van der Waals surface area contributed by atoms with E-state index < -0.39 is 0 Å². The van der Waals surface area contributed by atoms with Gasteiger partial charge >= 0.3 is 0 Å². The van der Waals surface area contributed by atoms with E-state index in [4.69, 9.17) is 4.74 Å². The van der Waals surface area contributed by atoms with Gasteiger partial charge in [-0.25, -0.2) is 4.39 Å². The molecule has 30 heavy (non-hydrogen) atoms. The highest BCUT2D eigenvalue weighted by Gasteiger charge is 2.27. The summed E-state index contributed by atoms with van der Waals surface area (Å²) in [7, 11) is 0. The first-order valence-electron chi connectivity index (χ1n) is 9.75. The molecule has 152 valence electrons. The summed E-state index contributed by atoms with van der Waals surface area (Å²) in [5, 5.41) is 19.4. The van der Waals surface area contributed by atoms with Gasteiger partial charge in [-0.15, -0.1) is 10.2 Å². The first-order valence-corrected chi connectivity index (χ1v) is 9.75. The molecule has 0 radical (unpaired) electrons. The van der Waals surface area contributed by atoms with Crippen LogP contribution < -0.4 is 5.32 Å². The summed E-state index contributed by atoms with van der Waals surface area (Å²) in [6, 6.07) is 14.5. The van der Waals surface area contributed by atoms with Gasteiger partial charge in [0, 0.05) is 16.9 Å². The van der Waals surface area contributed by atoms with Crippen molar-refractivity contribution in [1.82, 2.24) is 25.0 Å². The number of H-pyrrole nitrogens is 1. The minimum atomic E-state index is -0.265. The lowest BCUT2D eigenvalue weighted by Crippen LogP contribution is -2.25. The van der Waals surface area contributed by atoms with Crippen molar-refractivity contribution in [1.29, 1.82) is 0 Å². The van der Waals surface area contributed by atoms with Gasteiger partial charge in [-0.2, -0.15) is 5.10 Å². The second-order valence-electron chi connectivity index (χ2n) is 7.48. The molecule has 5 rings (SSSR count). The Kier molecular flexibility index (Phi) is 4.55. The van der Waals surface area contributed by atoms with E-state index in [1.807, 2.05) is 30.5 Å². The molecule has 0 saturated heterocycles. The molecule has 0 spiro atoms. The van der Waals surface area contributed by atoms with Crippen molar-refractivity contribution in [3.63, 3.8) is 0 Å². The van der Waals surface area contributed by atoms with Crippen LogP contribution in [-0.2, 0) is 11.3 Å². The standard InChI is InChI=1S/C22H21FN6O/c1-13-3-4-16(19-9-14(2)25-26-19)10-18(13)24-22-28-27-21-12-30-11-20(29(21)22)15-5-7-17(23)8-6-15/h3-10,20H,11-12H2,1-2H3,(H,24,28)(H,25,26). The lowest BCUT2D eigenvalue weighted by atomic mass is 10.1. The van der Waals surface area contributed by atoms with Crippen molar-refractivity contribution in [2.75, 3.05) is 11.9 Å². The highest BCUT2D eigenvalue weighted by atomic mass is 19.1. The highest BCUT2D eigenvalue weighted by molar-refractivity contribution is 5.70. The molecule has 0 amide bonds. The van der Waals surface area contributed by atoms with Crippen LogP contribution in [0.3, 0.4) is 0 Å². The molecule has 3 heterocycles. The third-order valence-corrected chi connectivity index (χ3v) is 5.33. The number of nitrogens with zero attached hydrogens (tertiary/aromatic N) is 4. The third-order valence-electron chi connectivity index (χ3n) is 5.33. The van der Waals surface area contributed by atoms with Gasteiger partial charge < -0.3 is 10.1 Å². The third kappa shape index (κ3) is 3.35. The van der Waals surface area contributed by atoms with Gasteiger partial charge in [-0.05, 0) is 49.2 Å². The van der Waals surface area contributed by atoms with Gasteiger partial charge in [0.15, 0.2) is 5.82 Å². The number of fused-ring (bicyclic) bond motifs is 1. The molecule has 7 nitrogen and oxygen atoms in total. The molecule has 2 aromatic heterocycles. The molecule has 1 aliphatic rings. The predicted octanol–water partition coefficient (Wildman–Crippen LogP) is 4.29. The Morgan fingerprint density at radius 2 is 1.93 bits per heavy atom. The average molecular weight is 404 g/mol. The maximum atomic E-state index is 13.4. The second kappa shape index (κ2) is 7.38. The van der Waals surface area contributed by atoms with Gasteiger partial charge in [0.1, 0.15) is 12.4 Å². The van der Waals surface area contributed by atoms with E-state index in [1.54, 1.807) is 12.1 Å². The zero-order valence-corrected chi connectivity index (χ0v) is 16.7. The van der Waals surface area contributed by atoms with Crippen LogP contribution in [0.5, 0.6) is 0 Å². The monoisotopic (exact) mass is 404 g/mol. The number of aryl methyl sites for hydroxylation is 2. The van der Waals surface area contributed by atoms with Crippen molar-refractivity contribution in [3.05, 3.63) is 77.0 Å². The first kappa shape index (κ1) is 18.5. The summed E-state index contributed by atoms with van der Waals surface area (Å²) in [4.78, 5) is 0. The van der Waals surface area contributed by atoms with Crippen molar-refractivity contribution >= 4 is 11.6 Å². The van der Waals surface area contributed by atoms with Crippen LogP contribution in [0.15, 0.2) is 48.5 Å². The molecular weight excluding hydrogens is 383 g/mol. The number of rotatable bonds is 4. The van der Waals surface area contributed by atoms with E-state index in [1.165, 1.54) is 12.1 Å². The number of benzene rings is 2. The normalized spacial score (nSPS) is 15.8. The Bertz CT molecular complexity index is 1200. The number of ether oxygens (including phenoxy) is 1. The van der Waals surface area contributed by atoms with Gasteiger partial charge in [0.25, 0.3) is 0 Å². The van der Waals surface area contributed by atoms with Gasteiger partial charge in [-0.3, -0.25) is 9.67 Å². The highest BCUT2D eigenvalue weighted by Crippen LogP contribution is 2.32. The smallest absolute Gasteiger partial charge is 0.229 e. The van der Waals surface area contributed by atoms with Crippen molar-refractivity contribution in [3.8, 4) is 11.3 Å². The van der Waals surface area contributed by atoms with Crippen LogP contribution in [0, 0.1) is 19.7 Å². The summed E-state index contributed by atoms with van der Waals surface area (Å²) in [5.41, 5.74) is 5.84. The second-order valence-corrected chi connectivity index (χ2v) is 7.48. The van der Waals surface area contributed by atoms with Crippen LogP contribution in [0.25, 0.3) is 11.3 Å². The van der Waals surface area contributed by atoms with Crippen molar-refractivity contribution in [2.24, 2.45) is 0 Å². The van der Waals surface area contributed by atoms with E-state index in [9.17, 15) is 4.39 Å². The quantitative estimate of drug-likeness (QED) is 0.530. The van der Waals surface area contributed by atoms with Gasteiger partial charge in [0.2, 0.25) is 5.95 Å². The average Bonchev–Trinajstić information content (AvgIpc) is 3.37. The van der Waals surface area contributed by atoms with E-state index in [2.05, 4.69) is 37.8 Å². The minimum Gasteiger partial charge on any atom is -0.371 e. The molecule has 2 N–H and O–H groups in total. The number of aromatic amines is 1. The molecule has 4 aromatic rings. The number of nitrogens with one attached hydrogen (secondary N) is 2. The maximum Gasteiger partial charge on any atom is 0.229 e. The number of aromatic nitrogens is 5. The van der Waals surface area contributed by atoms with Crippen LogP contribution in [0.2, 0.25) is 0 Å². The minimum absolute atomic E-state index is 0.135. The Labute approximate surface area is 172 Å². The number of hydrogen-bond acceptors (Lipinski definition) is 5. The van der Waals surface area contributed by atoms with Gasteiger partial charge in [-0.1, -0.05) is 24.3 Å². The molecule has 0 fully saturated rings. The van der Waals surface area contributed by atoms with E-state index in [0.717, 1.165) is 39.6 Å². The number of hydrogen-bond donors (Lipinski definition) is 2. The van der Waals surface area contributed by atoms with Crippen LogP contribution in [0.4, 0.5) is 16.0 Å². The van der Waals surface area contributed by atoms with E-state index in [-0.39, 0.29) is 11.9 Å². The molecule has 1 aliphatic heterocycles. The predicted molar refractivity (Wildman–Crippen MR) is 111 cm³/mol. The van der Waals surface area contributed by atoms with E-state index >= 15 is 0 Å². The Morgan fingerprint density at radius 3 is 2.70 bits per heavy atom. The summed E-state index contributed by atoms with van der Waals surface area (Å²) >= 11 is 0. The van der Waals surface area contributed by atoms with Crippen LogP contribution >= 0.6 is 0 Å². The molecular formula is C22H21FN6O. The molecule has 2 aromatic carbocycles. The first-order chi connectivity index (χ1) is 14.6. The Hall–Kier alpha value is -3.52. The Balaban J connectivity index is 1.51. The summed E-state index contributed by atoms with van der Waals surface area (Å²) in [5.74, 6) is 1.09. The maximum absolute atomic E-state index is 13.4. The lowest BCUT2D eigenvalue weighted by Gasteiger charge is -2.27. The lowest BCUT2D eigenvalue weighted by molar-refractivity contribution is 0.0670. The SMILES string of the molecule is Cc1cc(-c2ccc(C)c(Nc3nnc4n3C(c3ccc(F)cc3)COC4)c2)n[nH]1. The Morgan fingerprint density at radius 1 is 1.10 bits per heavy atom. The molecule has 1 unspecified atom stereocenters. The van der Waals surface area contributed by atoms with Crippen LogP contribution in [-0.4, -0.2) is 31.6 Å². The fourth-order valence-electron chi connectivity index (χ4n) is 3.70. The molecule has 0 saturated carbocycles. The number of halogens is 1. The molecule has 1 atom stereocenters. The number of anilines is 2. The fourth-order valence-corrected chi connectivity index (χ4v) is 3.70. The zero-order valence-electron chi connectivity index (χ0n) is 16.7. The molecule has 0 bridgehead atoms.